The molecule has 0 aliphatic heterocycles. The number of nitrogens with one attached hydrogen (secondary N) is 2. The van der Waals surface area contributed by atoms with Gasteiger partial charge in [-0.05, 0) is 47.0 Å². The van der Waals surface area contributed by atoms with Gasteiger partial charge in [0.05, 0.1) is 12.6 Å². The van der Waals surface area contributed by atoms with E-state index in [1.54, 1.807) is 18.4 Å². The molecule has 0 unspecified atom stereocenters. The van der Waals surface area contributed by atoms with Crippen LogP contribution in [0.15, 0.2) is 53.9 Å². The summed E-state index contributed by atoms with van der Waals surface area (Å²) in [4.78, 5) is 4.86. The smallest absolute Gasteiger partial charge is 0.204 e. The highest BCUT2D eigenvalue weighted by Gasteiger charge is 2.12. The Morgan fingerprint density at radius 1 is 1.04 bits per heavy atom. The number of nitrogens with zero attached hydrogens (tertiary/aromatic N) is 4. The van der Waals surface area contributed by atoms with E-state index in [-0.39, 0.29) is 0 Å². The number of benzene rings is 2. The van der Waals surface area contributed by atoms with Gasteiger partial charge >= 0.3 is 0 Å². The van der Waals surface area contributed by atoms with Crippen molar-refractivity contribution in [3.63, 3.8) is 0 Å². The SMILES string of the molecule is COc1ccc(Nc2nc3cc(-c4nn[nH]n4)ccc3c3sccc23)cc1. The summed E-state index contributed by atoms with van der Waals surface area (Å²) in [7, 11) is 1.66. The number of thiophene rings is 1. The first-order valence-corrected chi connectivity index (χ1v) is 9.15. The topological polar surface area (TPSA) is 88.6 Å². The quantitative estimate of drug-likeness (QED) is 0.485. The lowest BCUT2D eigenvalue weighted by atomic mass is 10.1. The molecule has 0 amide bonds. The fourth-order valence-corrected chi connectivity index (χ4v) is 3.96. The molecule has 0 fully saturated rings. The number of methoxy groups -OCH3 is 1. The molecule has 0 aliphatic rings. The Morgan fingerprint density at radius 2 is 1.93 bits per heavy atom. The normalized spacial score (nSPS) is 11.1. The minimum atomic E-state index is 0.551. The third-order valence-corrected chi connectivity index (χ3v) is 5.30. The zero-order chi connectivity index (χ0) is 18.2. The second kappa shape index (κ2) is 6.33. The number of hydrogen-bond donors (Lipinski definition) is 2. The van der Waals surface area contributed by atoms with Gasteiger partial charge in [-0.3, -0.25) is 0 Å². The Kier molecular flexibility index (Phi) is 3.68. The molecule has 27 heavy (non-hydrogen) atoms. The van der Waals surface area contributed by atoms with Crippen LogP contribution in [-0.2, 0) is 0 Å². The van der Waals surface area contributed by atoms with Gasteiger partial charge in [0.2, 0.25) is 5.82 Å². The van der Waals surface area contributed by atoms with Crippen LogP contribution >= 0.6 is 11.3 Å². The van der Waals surface area contributed by atoms with Crippen LogP contribution in [0.2, 0.25) is 0 Å². The average Bonchev–Trinajstić information content (AvgIpc) is 3.40. The molecule has 0 bridgehead atoms. The first kappa shape index (κ1) is 15.7. The van der Waals surface area contributed by atoms with E-state index in [0.717, 1.165) is 39.1 Å². The highest BCUT2D eigenvalue weighted by atomic mass is 32.1. The van der Waals surface area contributed by atoms with E-state index >= 15 is 0 Å². The second-order valence-corrected chi connectivity index (χ2v) is 6.86. The summed E-state index contributed by atoms with van der Waals surface area (Å²) in [5.41, 5.74) is 2.70. The second-order valence-electron chi connectivity index (χ2n) is 5.94. The van der Waals surface area contributed by atoms with Gasteiger partial charge in [0, 0.05) is 26.7 Å². The number of rotatable bonds is 4. The van der Waals surface area contributed by atoms with Gasteiger partial charge in [0.25, 0.3) is 0 Å². The number of pyridine rings is 1. The van der Waals surface area contributed by atoms with Crippen LogP contribution in [0.1, 0.15) is 0 Å². The van der Waals surface area contributed by atoms with E-state index in [9.17, 15) is 0 Å². The Hall–Kier alpha value is -3.52. The number of aromatic amines is 1. The van der Waals surface area contributed by atoms with Gasteiger partial charge < -0.3 is 10.1 Å². The number of anilines is 2. The summed E-state index contributed by atoms with van der Waals surface area (Å²) >= 11 is 1.70. The molecular formula is C19H14N6OS. The third kappa shape index (κ3) is 2.76. The van der Waals surface area contributed by atoms with Crippen molar-refractivity contribution in [2.75, 3.05) is 12.4 Å². The van der Waals surface area contributed by atoms with Crippen LogP contribution in [0.25, 0.3) is 32.4 Å². The van der Waals surface area contributed by atoms with Crippen LogP contribution in [0, 0.1) is 0 Å². The van der Waals surface area contributed by atoms with Gasteiger partial charge in [0.1, 0.15) is 11.6 Å². The van der Waals surface area contributed by atoms with Crippen molar-refractivity contribution in [2.24, 2.45) is 0 Å². The summed E-state index contributed by atoms with van der Waals surface area (Å²) in [6.45, 7) is 0. The Bertz CT molecular complexity index is 1230. The molecule has 0 aliphatic carbocycles. The average molecular weight is 374 g/mol. The first-order chi connectivity index (χ1) is 13.3. The van der Waals surface area contributed by atoms with Crippen molar-refractivity contribution in [1.82, 2.24) is 25.6 Å². The van der Waals surface area contributed by atoms with Crippen molar-refractivity contribution in [3.05, 3.63) is 53.9 Å². The highest BCUT2D eigenvalue weighted by molar-refractivity contribution is 7.18. The van der Waals surface area contributed by atoms with Crippen LogP contribution < -0.4 is 10.1 Å². The molecule has 0 saturated heterocycles. The summed E-state index contributed by atoms with van der Waals surface area (Å²) < 4.78 is 6.41. The molecule has 0 spiro atoms. The molecule has 2 aromatic carbocycles. The maximum atomic E-state index is 5.22. The van der Waals surface area contributed by atoms with Gasteiger partial charge in [0.15, 0.2) is 0 Å². The van der Waals surface area contributed by atoms with E-state index in [4.69, 9.17) is 9.72 Å². The molecule has 5 rings (SSSR count). The largest absolute Gasteiger partial charge is 0.497 e. The summed E-state index contributed by atoms with van der Waals surface area (Å²) in [6.07, 6.45) is 0. The van der Waals surface area contributed by atoms with E-state index in [1.807, 2.05) is 36.4 Å². The van der Waals surface area contributed by atoms with Crippen molar-refractivity contribution in [3.8, 4) is 17.1 Å². The molecule has 3 heterocycles. The fraction of sp³-hybridized carbons (Fsp3) is 0.0526. The van der Waals surface area contributed by atoms with Crippen molar-refractivity contribution in [1.29, 1.82) is 0 Å². The first-order valence-electron chi connectivity index (χ1n) is 8.28. The fourth-order valence-electron chi connectivity index (χ4n) is 3.03. The number of fused-ring (bicyclic) bond motifs is 3. The summed E-state index contributed by atoms with van der Waals surface area (Å²) in [6, 6.07) is 15.9. The summed E-state index contributed by atoms with van der Waals surface area (Å²) in [5, 5.41) is 21.9. The molecule has 5 aromatic rings. The molecule has 3 aromatic heterocycles. The van der Waals surface area contributed by atoms with Crippen molar-refractivity contribution >= 4 is 43.8 Å². The standard InChI is InChI=1S/C19H14N6OS/c1-26-13-5-3-12(4-6-13)20-19-15-8-9-27-17(15)14-7-2-11(10-16(14)21-19)18-22-24-25-23-18/h2-10H,1H3,(H,20,21)(H,22,23,24,25). The van der Waals surface area contributed by atoms with Crippen molar-refractivity contribution in [2.45, 2.75) is 0 Å². The number of aromatic nitrogens is 5. The minimum Gasteiger partial charge on any atom is -0.497 e. The van der Waals surface area contributed by atoms with Gasteiger partial charge in [-0.25, -0.2) is 4.98 Å². The van der Waals surface area contributed by atoms with E-state index in [0.29, 0.717) is 5.82 Å². The lowest BCUT2D eigenvalue weighted by molar-refractivity contribution is 0.415. The van der Waals surface area contributed by atoms with Crippen LogP contribution in [0.3, 0.4) is 0 Å². The maximum absolute atomic E-state index is 5.22. The Balaban J connectivity index is 1.64. The highest BCUT2D eigenvalue weighted by Crippen LogP contribution is 2.36. The molecule has 0 saturated carbocycles. The number of hydrogen-bond acceptors (Lipinski definition) is 7. The molecule has 0 atom stereocenters. The Labute approximate surface area is 158 Å². The van der Waals surface area contributed by atoms with Gasteiger partial charge in [-0.2, -0.15) is 5.21 Å². The minimum absolute atomic E-state index is 0.551. The van der Waals surface area contributed by atoms with Gasteiger partial charge in [-0.1, -0.05) is 12.1 Å². The van der Waals surface area contributed by atoms with E-state index in [2.05, 4.69) is 43.5 Å². The molecule has 2 N–H and O–H groups in total. The maximum Gasteiger partial charge on any atom is 0.204 e. The molecule has 0 radical (unpaired) electrons. The third-order valence-electron chi connectivity index (χ3n) is 4.35. The molecule has 7 nitrogen and oxygen atoms in total. The van der Waals surface area contributed by atoms with Crippen LogP contribution in [-0.4, -0.2) is 32.7 Å². The number of tetrazole rings is 1. The van der Waals surface area contributed by atoms with Crippen LogP contribution in [0.4, 0.5) is 11.5 Å². The predicted octanol–water partition coefficient (Wildman–Crippen LogP) is 4.38. The summed E-state index contributed by atoms with van der Waals surface area (Å²) in [5.74, 6) is 2.18. The van der Waals surface area contributed by atoms with E-state index in [1.165, 1.54) is 4.70 Å². The monoisotopic (exact) mass is 374 g/mol. The van der Waals surface area contributed by atoms with Crippen LogP contribution in [0.5, 0.6) is 5.75 Å². The molecule has 8 heteroatoms. The zero-order valence-electron chi connectivity index (χ0n) is 14.3. The lowest BCUT2D eigenvalue weighted by Crippen LogP contribution is -1.95. The molecular weight excluding hydrogens is 360 g/mol. The van der Waals surface area contributed by atoms with Crippen molar-refractivity contribution < 1.29 is 4.74 Å². The predicted molar refractivity (Wildman–Crippen MR) is 107 cm³/mol. The van der Waals surface area contributed by atoms with Gasteiger partial charge in [-0.15, -0.1) is 21.5 Å². The lowest BCUT2D eigenvalue weighted by Gasteiger charge is -2.10. The number of H-pyrrole nitrogens is 1. The molecule has 132 valence electrons. The van der Waals surface area contributed by atoms with E-state index < -0.39 is 0 Å². The zero-order valence-corrected chi connectivity index (χ0v) is 15.1. The Morgan fingerprint density at radius 3 is 2.70 bits per heavy atom. The number of ether oxygens (including phenoxy) is 1.